The number of sulfone groups is 1. The number of benzene rings is 3. The van der Waals surface area contributed by atoms with Crippen molar-refractivity contribution in [3.63, 3.8) is 0 Å². The molecule has 0 spiro atoms. The van der Waals surface area contributed by atoms with Crippen LogP contribution < -0.4 is 4.72 Å². The van der Waals surface area contributed by atoms with Gasteiger partial charge in [-0.15, -0.1) is 0 Å². The lowest BCUT2D eigenvalue weighted by Crippen LogP contribution is -2.49. The van der Waals surface area contributed by atoms with E-state index in [9.17, 15) is 21.9 Å². The van der Waals surface area contributed by atoms with E-state index in [0.717, 1.165) is 5.56 Å². The third-order valence-electron chi connectivity index (χ3n) is 4.65. The standard InChI is InChI=1S/C22H23NO5S2/c1-17-12-14-20(15-13-17)30(27,28)23-22(21(24)16-18-8-4-2-5-9-18)29(25,26)19-10-6-3-7-11-19/h2-15,21-24H,16H2,1H3. The molecular formula is C22H23NO5S2. The molecule has 0 aromatic heterocycles. The zero-order valence-electron chi connectivity index (χ0n) is 16.3. The Morgan fingerprint density at radius 1 is 0.767 bits per heavy atom. The lowest BCUT2D eigenvalue weighted by molar-refractivity contribution is 0.164. The first kappa shape index (κ1) is 22.2. The molecule has 0 aliphatic rings. The van der Waals surface area contributed by atoms with Crippen LogP contribution in [0.5, 0.6) is 0 Å². The summed E-state index contributed by atoms with van der Waals surface area (Å²) in [6.07, 6.45) is -1.54. The van der Waals surface area contributed by atoms with Gasteiger partial charge in [-0.05, 0) is 36.8 Å². The Morgan fingerprint density at radius 3 is 1.87 bits per heavy atom. The summed E-state index contributed by atoms with van der Waals surface area (Å²) < 4.78 is 54.5. The lowest BCUT2D eigenvalue weighted by atomic mass is 10.1. The first-order chi connectivity index (χ1) is 14.2. The Hall–Kier alpha value is -2.52. The maximum Gasteiger partial charge on any atom is 0.241 e. The molecular weight excluding hydrogens is 422 g/mol. The summed E-state index contributed by atoms with van der Waals surface area (Å²) in [7, 11) is -8.40. The molecule has 0 radical (unpaired) electrons. The number of aliphatic hydroxyl groups excluding tert-OH is 1. The molecule has 8 heteroatoms. The predicted molar refractivity (Wildman–Crippen MR) is 115 cm³/mol. The molecule has 0 fully saturated rings. The van der Waals surface area contributed by atoms with Crippen molar-refractivity contribution in [1.82, 2.24) is 4.72 Å². The van der Waals surface area contributed by atoms with Crippen LogP contribution in [0.3, 0.4) is 0 Å². The van der Waals surface area contributed by atoms with E-state index in [-0.39, 0.29) is 16.2 Å². The van der Waals surface area contributed by atoms with Gasteiger partial charge in [-0.1, -0.05) is 66.2 Å². The predicted octanol–water partition coefficient (Wildman–Crippen LogP) is 2.68. The quantitative estimate of drug-likeness (QED) is 0.555. The van der Waals surface area contributed by atoms with Gasteiger partial charge in [-0.2, -0.15) is 4.72 Å². The lowest BCUT2D eigenvalue weighted by Gasteiger charge is -2.24. The van der Waals surface area contributed by atoms with Gasteiger partial charge < -0.3 is 5.11 Å². The van der Waals surface area contributed by atoms with E-state index in [1.807, 2.05) is 6.92 Å². The summed E-state index contributed by atoms with van der Waals surface area (Å²) in [5.74, 6) is 0. The van der Waals surface area contributed by atoms with E-state index in [1.54, 1.807) is 60.7 Å². The minimum absolute atomic E-state index is 0.0337. The Bertz CT molecular complexity index is 1180. The fourth-order valence-electron chi connectivity index (χ4n) is 3.01. The van der Waals surface area contributed by atoms with Gasteiger partial charge in [0.15, 0.2) is 15.2 Å². The monoisotopic (exact) mass is 445 g/mol. The minimum Gasteiger partial charge on any atom is -0.390 e. The molecule has 3 aromatic carbocycles. The van der Waals surface area contributed by atoms with Crippen molar-refractivity contribution < 1.29 is 21.9 Å². The minimum atomic E-state index is -4.21. The van der Waals surface area contributed by atoms with Gasteiger partial charge >= 0.3 is 0 Å². The molecule has 0 aliphatic carbocycles. The molecule has 158 valence electrons. The van der Waals surface area contributed by atoms with E-state index in [2.05, 4.69) is 4.72 Å². The molecule has 30 heavy (non-hydrogen) atoms. The number of hydrogen-bond acceptors (Lipinski definition) is 5. The number of aryl methyl sites for hydroxylation is 1. The number of nitrogens with one attached hydrogen (secondary N) is 1. The smallest absolute Gasteiger partial charge is 0.241 e. The van der Waals surface area contributed by atoms with Crippen LogP contribution in [0.1, 0.15) is 11.1 Å². The molecule has 3 rings (SSSR count). The average Bonchev–Trinajstić information content (AvgIpc) is 2.73. The number of sulfonamides is 1. The van der Waals surface area contributed by atoms with Crippen molar-refractivity contribution in [3.8, 4) is 0 Å². The normalized spacial score (nSPS) is 14.2. The first-order valence-electron chi connectivity index (χ1n) is 9.30. The Labute approximate surface area is 177 Å². The Kier molecular flexibility index (Phi) is 6.72. The van der Waals surface area contributed by atoms with E-state index in [1.165, 1.54) is 24.3 Å². The van der Waals surface area contributed by atoms with E-state index >= 15 is 0 Å². The van der Waals surface area contributed by atoms with Gasteiger partial charge in [-0.25, -0.2) is 16.8 Å². The molecule has 0 saturated carbocycles. The molecule has 0 bridgehead atoms. The van der Waals surface area contributed by atoms with Crippen LogP contribution in [0.25, 0.3) is 0 Å². The molecule has 0 saturated heterocycles. The van der Waals surface area contributed by atoms with Crippen LogP contribution >= 0.6 is 0 Å². The van der Waals surface area contributed by atoms with E-state index < -0.39 is 31.3 Å². The molecule has 0 heterocycles. The molecule has 3 aromatic rings. The van der Waals surface area contributed by atoms with Gasteiger partial charge in [0, 0.05) is 6.42 Å². The van der Waals surface area contributed by atoms with Gasteiger partial charge in [-0.3, -0.25) is 0 Å². The number of rotatable bonds is 8. The van der Waals surface area contributed by atoms with Gasteiger partial charge in [0.05, 0.1) is 15.9 Å². The van der Waals surface area contributed by atoms with Crippen molar-refractivity contribution in [2.75, 3.05) is 0 Å². The third kappa shape index (κ3) is 5.14. The maximum absolute atomic E-state index is 13.2. The SMILES string of the molecule is Cc1ccc(S(=O)(=O)NC(C(O)Cc2ccccc2)S(=O)(=O)c2ccccc2)cc1. The van der Waals surface area contributed by atoms with Crippen LogP contribution in [-0.2, 0) is 26.3 Å². The summed E-state index contributed by atoms with van der Waals surface area (Å²) >= 11 is 0. The topological polar surface area (TPSA) is 101 Å². The van der Waals surface area contributed by atoms with Gasteiger partial charge in [0.25, 0.3) is 0 Å². The molecule has 0 aliphatic heterocycles. The Balaban J connectivity index is 1.99. The summed E-state index contributed by atoms with van der Waals surface area (Å²) in [5.41, 5.74) is 1.55. The van der Waals surface area contributed by atoms with E-state index in [0.29, 0.717) is 5.56 Å². The number of hydrogen-bond donors (Lipinski definition) is 2. The van der Waals surface area contributed by atoms with Crippen LogP contribution in [0.4, 0.5) is 0 Å². The van der Waals surface area contributed by atoms with Crippen molar-refractivity contribution >= 4 is 19.9 Å². The molecule has 0 amide bonds. The number of aliphatic hydroxyl groups is 1. The summed E-state index contributed by atoms with van der Waals surface area (Å²) in [5, 5.41) is 9.05. The summed E-state index contributed by atoms with van der Waals surface area (Å²) in [6, 6.07) is 22.3. The van der Waals surface area contributed by atoms with Crippen molar-refractivity contribution in [3.05, 3.63) is 96.1 Å². The third-order valence-corrected chi connectivity index (χ3v) is 8.28. The highest BCUT2D eigenvalue weighted by Gasteiger charge is 2.37. The largest absolute Gasteiger partial charge is 0.390 e. The second kappa shape index (κ2) is 9.09. The fraction of sp³-hybridized carbons (Fsp3) is 0.182. The molecule has 2 N–H and O–H groups in total. The van der Waals surface area contributed by atoms with Crippen LogP contribution in [-0.4, -0.2) is 33.4 Å². The summed E-state index contributed by atoms with van der Waals surface area (Å²) in [6.45, 7) is 1.82. The molecule has 2 atom stereocenters. The van der Waals surface area contributed by atoms with Crippen molar-refractivity contribution in [2.45, 2.75) is 34.6 Å². The zero-order chi connectivity index (χ0) is 21.8. The maximum atomic E-state index is 13.2. The van der Waals surface area contributed by atoms with Crippen molar-refractivity contribution in [1.29, 1.82) is 0 Å². The second-order valence-corrected chi connectivity index (χ2v) is 10.8. The fourth-order valence-corrected chi connectivity index (χ4v) is 6.33. The van der Waals surface area contributed by atoms with Crippen LogP contribution in [0, 0.1) is 6.92 Å². The average molecular weight is 446 g/mol. The highest BCUT2D eigenvalue weighted by Crippen LogP contribution is 2.21. The second-order valence-electron chi connectivity index (χ2n) is 6.97. The van der Waals surface area contributed by atoms with E-state index in [4.69, 9.17) is 0 Å². The molecule has 6 nitrogen and oxygen atoms in total. The van der Waals surface area contributed by atoms with Crippen LogP contribution in [0.2, 0.25) is 0 Å². The Morgan fingerprint density at radius 2 is 1.30 bits per heavy atom. The van der Waals surface area contributed by atoms with Crippen molar-refractivity contribution in [2.24, 2.45) is 0 Å². The molecule has 2 unspecified atom stereocenters. The summed E-state index contributed by atoms with van der Waals surface area (Å²) in [4.78, 5) is -0.151. The van der Waals surface area contributed by atoms with Gasteiger partial charge in [0.1, 0.15) is 0 Å². The van der Waals surface area contributed by atoms with Gasteiger partial charge in [0.2, 0.25) is 10.0 Å². The highest BCUT2D eigenvalue weighted by atomic mass is 32.2. The zero-order valence-corrected chi connectivity index (χ0v) is 18.0. The van der Waals surface area contributed by atoms with Crippen LogP contribution in [0.15, 0.2) is 94.7 Å². The first-order valence-corrected chi connectivity index (χ1v) is 12.3. The highest BCUT2D eigenvalue weighted by molar-refractivity contribution is 7.94.